The SMILES string of the molecule is CNCCC1CC(C2CCOCC2)C1. The molecular formula is C12H23NO. The van der Waals surface area contributed by atoms with Crippen molar-refractivity contribution < 1.29 is 4.74 Å². The van der Waals surface area contributed by atoms with Gasteiger partial charge in [0.2, 0.25) is 0 Å². The van der Waals surface area contributed by atoms with E-state index in [0.717, 1.165) is 31.0 Å². The third-order valence-corrected chi connectivity index (χ3v) is 4.01. The predicted molar refractivity (Wildman–Crippen MR) is 58.3 cm³/mol. The molecule has 2 fully saturated rings. The van der Waals surface area contributed by atoms with Crippen LogP contribution in [0.5, 0.6) is 0 Å². The van der Waals surface area contributed by atoms with Gasteiger partial charge in [-0.1, -0.05) is 0 Å². The van der Waals surface area contributed by atoms with Crippen molar-refractivity contribution in [3.63, 3.8) is 0 Å². The molecule has 0 aromatic carbocycles. The van der Waals surface area contributed by atoms with Gasteiger partial charge in [0, 0.05) is 13.2 Å². The Morgan fingerprint density at radius 2 is 1.86 bits per heavy atom. The number of nitrogens with one attached hydrogen (secondary N) is 1. The van der Waals surface area contributed by atoms with Crippen LogP contribution >= 0.6 is 0 Å². The smallest absolute Gasteiger partial charge is 0.0468 e. The molecule has 0 bridgehead atoms. The minimum atomic E-state index is 0.995. The van der Waals surface area contributed by atoms with Crippen molar-refractivity contribution in [2.75, 3.05) is 26.8 Å². The highest BCUT2D eigenvalue weighted by Gasteiger charge is 2.34. The fraction of sp³-hybridized carbons (Fsp3) is 1.00. The lowest BCUT2D eigenvalue weighted by molar-refractivity contribution is 0.0112. The summed E-state index contributed by atoms with van der Waals surface area (Å²) >= 11 is 0. The maximum Gasteiger partial charge on any atom is 0.0468 e. The third-order valence-electron chi connectivity index (χ3n) is 4.01. The Bertz CT molecular complexity index is 160. The first-order chi connectivity index (χ1) is 6.90. The van der Waals surface area contributed by atoms with Crippen LogP contribution in [0.3, 0.4) is 0 Å². The van der Waals surface area contributed by atoms with E-state index in [4.69, 9.17) is 4.74 Å². The van der Waals surface area contributed by atoms with Crippen LogP contribution in [0.15, 0.2) is 0 Å². The first-order valence-corrected chi connectivity index (χ1v) is 6.12. The Morgan fingerprint density at radius 3 is 2.50 bits per heavy atom. The Morgan fingerprint density at radius 1 is 1.14 bits per heavy atom. The Labute approximate surface area is 87.4 Å². The summed E-state index contributed by atoms with van der Waals surface area (Å²) in [6.45, 7) is 3.23. The zero-order valence-electron chi connectivity index (χ0n) is 9.30. The molecule has 0 atom stereocenters. The molecule has 0 spiro atoms. The molecule has 0 unspecified atom stereocenters. The third kappa shape index (κ3) is 2.48. The second-order valence-corrected chi connectivity index (χ2v) is 4.94. The summed E-state index contributed by atoms with van der Waals surface area (Å²) in [6.07, 6.45) is 7.02. The summed E-state index contributed by atoms with van der Waals surface area (Å²) in [5.41, 5.74) is 0. The van der Waals surface area contributed by atoms with Gasteiger partial charge in [0.25, 0.3) is 0 Å². The summed E-state index contributed by atoms with van der Waals surface area (Å²) < 4.78 is 5.40. The standard InChI is InChI=1S/C12H23NO/c1-13-5-2-10-8-12(9-10)11-3-6-14-7-4-11/h10-13H,2-9H2,1H3. The molecule has 2 nitrogen and oxygen atoms in total. The summed E-state index contributed by atoms with van der Waals surface area (Å²) in [5.74, 6) is 3.06. The molecule has 2 aliphatic rings. The van der Waals surface area contributed by atoms with Crippen molar-refractivity contribution in [3.05, 3.63) is 0 Å². The molecule has 0 radical (unpaired) electrons. The summed E-state index contributed by atoms with van der Waals surface area (Å²) in [4.78, 5) is 0. The predicted octanol–water partition coefficient (Wildman–Crippen LogP) is 2.05. The van der Waals surface area contributed by atoms with Crippen molar-refractivity contribution in [2.45, 2.75) is 32.1 Å². The molecule has 1 saturated carbocycles. The van der Waals surface area contributed by atoms with E-state index >= 15 is 0 Å². The van der Waals surface area contributed by atoms with Gasteiger partial charge < -0.3 is 10.1 Å². The van der Waals surface area contributed by atoms with Gasteiger partial charge in [-0.3, -0.25) is 0 Å². The van der Waals surface area contributed by atoms with E-state index in [1.807, 2.05) is 0 Å². The molecule has 14 heavy (non-hydrogen) atoms. The molecule has 1 heterocycles. The van der Waals surface area contributed by atoms with Gasteiger partial charge in [-0.25, -0.2) is 0 Å². The molecule has 1 aliphatic carbocycles. The van der Waals surface area contributed by atoms with Crippen molar-refractivity contribution in [3.8, 4) is 0 Å². The van der Waals surface area contributed by atoms with E-state index in [1.165, 1.54) is 38.6 Å². The van der Waals surface area contributed by atoms with Gasteiger partial charge in [0.05, 0.1) is 0 Å². The van der Waals surface area contributed by atoms with E-state index in [0.29, 0.717) is 0 Å². The lowest BCUT2D eigenvalue weighted by Crippen LogP contribution is -2.34. The normalized spacial score (nSPS) is 34.1. The molecule has 2 rings (SSSR count). The van der Waals surface area contributed by atoms with Crippen LogP contribution in [-0.4, -0.2) is 26.8 Å². The van der Waals surface area contributed by atoms with Crippen molar-refractivity contribution in [2.24, 2.45) is 17.8 Å². The molecule has 82 valence electrons. The lowest BCUT2D eigenvalue weighted by atomic mass is 9.65. The van der Waals surface area contributed by atoms with Gasteiger partial charge in [-0.15, -0.1) is 0 Å². The molecular weight excluding hydrogens is 174 g/mol. The van der Waals surface area contributed by atoms with Gasteiger partial charge in [-0.05, 0) is 63.5 Å². The van der Waals surface area contributed by atoms with Crippen LogP contribution in [0.4, 0.5) is 0 Å². The zero-order chi connectivity index (χ0) is 9.80. The van der Waals surface area contributed by atoms with Gasteiger partial charge >= 0.3 is 0 Å². The summed E-state index contributed by atoms with van der Waals surface area (Å²) in [5, 5.41) is 3.24. The lowest BCUT2D eigenvalue weighted by Gasteiger charge is -2.42. The Balaban J connectivity index is 1.61. The maximum absolute atomic E-state index is 5.40. The van der Waals surface area contributed by atoms with Crippen molar-refractivity contribution >= 4 is 0 Å². The molecule has 2 heteroatoms. The van der Waals surface area contributed by atoms with E-state index < -0.39 is 0 Å². The molecule has 0 aromatic heterocycles. The van der Waals surface area contributed by atoms with E-state index in [1.54, 1.807) is 0 Å². The van der Waals surface area contributed by atoms with Crippen molar-refractivity contribution in [1.29, 1.82) is 0 Å². The number of hydrogen-bond acceptors (Lipinski definition) is 2. The highest BCUT2D eigenvalue weighted by molar-refractivity contribution is 4.85. The summed E-state index contributed by atoms with van der Waals surface area (Å²) in [6, 6.07) is 0. The van der Waals surface area contributed by atoms with Gasteiger partial charge in [-0.2, -0.15) is 0 Å². The average molecular weight is 197 g/mol. The van der Waals surface area contributed by atoms with Crippen LogP contribution in [0.2, 0.25) is 0 Å². The first-order valence-electron chi connectivity index (χ1n) is 6.12. The quantitative estimate of drug-likeness (QED) is 0.745. The largest absolute Gasteiger partial charge is 0.381 e. The van der Waals surface area contributed by atoms with Crippen LogP contribution in [0.1, 0.15) is 32.1 Å². The zero-order valence-corrected chi connectivity index (χ0v) is 9.30. The highest BCUT2D eigenvalue weighted by atomic mass is 16.5. The van der Waals surface area contributed by atoms with Crippen LogP contribution in [0, 0.1) is 17.8 Å². The average Bonchev–Trinajstić information content (AvgIpc) is 2.17. The molecule has 1 N–H and O–H groups in total. The summed E-state index contributed by atoms with van der Waals surface area (Å²) in [7, 11) is 2.05. The Kier molecular flexibility index (Phi) is 3.82. The monoisotopic (exact) mass is 197 g/mol. The van der Waals surface area contributed by atoms with Crippen LogP contribution in [0.25, 0.3) is 0 Å². The second-order valence-electron chi connectivity index (χ2n) is 4.94. The molecule has 1 saturated heterocycles. The Hall–Kier alpha value is -0.0800. The minimum absolute atomic E-state index is 0.995. The van der Waals surface area contributed by atoms with Gasteiger partial charge in [0.15, 0.2) is 0 Å². The van der Waals surface area contributed by atoms with E-state index in [2.05, 4.69) is 12.4 Å². The molecule has 0 aromatic rings. The second kappa shape index (κ2) is 5.13. The topological polar surface area (TPSA) is 21.3 Å². The number of ether oxygens (including phenoxy) is 1. The highest BCUT2D eigenvalue weighted by Crippen LogP contribution is 2.43. The maximum atomic E-state index is 5.40. The van der Waals surface area contributed by atoms with E-state index in [9.17, 15) is 0 Å². The number of hydrogen-bond donors (Lipinski definition) is 1. The van der Waals surface area contributed by atoms with Gasteiger partial charge in [0.1, 0.15) is 0 Å². The first kappa shape index (κ1) is 10.4. The van der Waals surface area contributed by atoms with Crippen molar-refractivity contribution in [1.82, 2.24) is 5.32 Å². The number of rotatable bonds is 4. The molecule has 0 amide bonds. The fourth-order valence-electron chi connectivity index (χ4n) is 2.94. The molecule has 1 aliphatic heterocycles. The van der Waals surface area contributed by atoms with Crippen LogP contribution < -0.4 is 5.32 Å². The van der Waals surface area contributed by atoms with Crippen LogP contribution in [-0.2, 0) is 4.74 Å². The minimum Gasteiger partial charge on any atom is -0.381 e. The van der Waals surface area contributed by atoms with E-state index in [-0.39, 0.29) is 0 Å². The fourth-order valence-corrected chi connectivity index (χ4v) is 2.94.